The summed E-state index contributed by atoms with van der Waals surface area (Å²) in [6.45, 7) is 3.43. The van der Waals surface area contributed by atoms with E-state index in [1.165, 1.54) is 0 Å². The number of benzene rings is 1. The molecule has 0 spiro atoms. The summed E-state index contributed by atoms with van der Waals surface area (Å²) >= 11 is 3.36. The summed E-state index contributed by atoms with van der Waals surface area (Å²) < 4.78 is 6.83. The van der Waals surface area contributed by atoms with Gasteiger partial charge >= 0.3 is 0 Å². The SMILES string of the molecule is CCC(C(=O)N1CCC(Oc2ccc(Br)cn2)C1)c1ccccc1. The molecule has 126 valence electrons. The molecule has 2 atom stereocenters. The lowest BCUT2D eigenvalue weighted by atomic mass is 9.95. The maximum atomic E-state index is 12.9. The first kappa shape index (κ1) is 17.0. The van der Waals surface area contributed by atoms with Crippen molar-refractivity contribution >= 4 is 21.8 Å². The minimum Gasteiger partial charge on any atom is -0.472 e. The van der Waals surface area contributed by atoms with E-state index in [9.17, 15) is 4.79 Å². The van der Waals surface area contributed by atoms with E-state index in [2.05, 4.69) is 27.8 Å². The molecule has 1 aromatic heterocycles. The Hall–Kier alpha value is -1.88. The number of nitrogens with zero attached hydrogens (tertiary/aromatic N) is 2. The average molecular weight is 389 g/mol. The molecule has 1 aliphatic heterocycles. The van der Waals surface area contributed by atoms with Gasteiger partial charge in [0, 0.05) is 29.7 Å². The number of halogens is 1. The Labute approximate surface area is 151 Å². The van der Waals surface area contributed by atoms with Crippen molar-refractivity contribution in [2.75, 3.05) is 13.1 Å². The van der Waals surface area contributed by atoms with Crippen LogP contribution in [0.15, 0.2) is 53.1 Å². The van der Waals surface area contributed by atoms with Crippen molar-refractivity contribution in [2.45, 2.75) is 31.8 Å². The fourth-order valence-corrected chi connectivity index (χ4v) is 3.32. The molecule has 2 heterocycles. The summed E-state index contributed by atoms with van der Waals surface area (Å²) in [5.41, 5.74) is 1.09. The Morgan fingerprint density at radius 2 is 2.12 bits per heavy atom. The summed E-state index contributed by atoms with van der Waals surface area (Å²) in [4.78, 5) is 19.0. The lowest BCUT2D eigenvalue weighted by molar-refractivity contribution is -0.132. The maximum absolute atomic E-state index is 12.9. The fourth-order valence-electron chi connectivity index (χ4n) is 3.09. The predicted octanol–water partition coefficient (Wildman–Crippen LogP) is 4.02. The lowest BCUT2D eigenvalue weighted by Gasteiger charge is -2.23. The zero-order valence-electron chi connectivity index (χ0n) is 13.7. The second kappa shape index (κ2) is 7.79. The summed E-state index contributed by atoms with van der Waals surface area (Å²) in [6.07, 6.45) is 3.37. The summed E-state index contributed by atoms with van der Waals surface area (Å²) in [5, 5.41) is 0. The minimum atomic E-state index is -0.0734. The topological polar surface area (TPSA) is 42.4 Å². The number of hydrogen-bond donors (Lipinski definition) is 0. The Kier molecular flexibility index (Phi) is 5.51. The van der Waals surface area contributed by atoms with Crippen LogP contribution >= 0.6 is 15.9 Å². The second-order valence-corrected chi connectivity index (χ2v) is 6.91. The third-order valence-corrected chi connectivity index (χ3v) is 4.82. The Morgan fingerprint density at radius 3 is 2.79 bits per heavy atom. The number of hydrogen-bond acceptors (Lipinski definition) is 3. The fraction of sp³-hybridized carbons (Fsp3) is 0.368. The van der Waals surface area contributed by atoms with Gasteiger partial charge in [-0.25, -0.2) is 4.98 Å². The number of pyridine rings is 1. The van der Waals surface area contributed by atoms with Gasteiger partial charge in [0.05, 0.1) is 12.5 Å². The molecule has 2 unspecified atom stereocenters. The van der Waals surface area contributed by atoms with Gasteiger partial charge in [0.25, 0.3) is 0 Å². The van der Waals surface area contributed by atoms with Crippen LogP contribution in [0.2, 0.25) is 0 Å². The number of ether oxygens (including phenoxy) is 1. The maximum Gasteiger partial charge on any atom is 0.230 e. The molecule has 1 aromatic carbocycles. The largest absolute Gasteiger partial charge is 0.472 e. The molecule has 1 saturated heterocycles. The molecule has 2 aromatic rings. The van der Waals surface area contributed by atoms with Crippen LogP contribution in [0, 0.1) is 0 Å². The zero-order valence-corrected chi connectivity index (χ0v) is 15.3. The van der Waals surface area contributed by atoms with Crippen LogP contribution in [0.5, 0.6) is 5.88 Å². The normalized spacial score (nSPS) is 18.4. The van der Waals surface area contributed by atoms with E-state index in [4.69, 9.17) is 4.74 Å². The van der Waals surface area contributed by atoms with E-state index in [0.29, 0.717) is 12.4 Å². The van der Waals surface area contributed by atoms with Crippen LogP contribution in [0.1, 0.15) is 31.2 Å². The van der Waals surface area contributed by atoms with Crippen molar-refractivity contribution < 1.29 is 9.53 Å². The summed E-state index contributed by atoms with van der Waals surface area (Å²) in [5.74, 6) is 0.724. The third kappa shape index (κ3) is 3.96. The first-order valence-corrected chi connectivity index (χ1v) is 9.08. The first-order chi connectivity index (χ1) is 11.7. The van der Waals surface area contributed by atoms with Gasteiger partial charge in [0.15, 0.2) is 0 Å². The van der Waals surface area contributed by atoms with Gasteiger partial charge in [-0.1, -0.05) is 37.3 Å². The van der Waals surface area contributed by atoms with Gasteiger partial charge < -0.3 is 9.64 Å². The molecule has 0 bridgehead atoms. The molecular formula is C19H21BrN2O2. The second-order valence-electron chi connectivity index (χ2n) is 6.00. The number of likely N-dealkylation sites (tertiary alicyclic amines) is 1. The van der Waals surface area contributed by atoms with Crippen LogP contribution in [-0.4, -0.2) is 35.0 Å². The van der Waals surface area contributed by atoms with Gasteiger partial charge in [-0.2, -0.15) is 0 Å². The molecule has 0 saturated carbocycles. The molecule has 0 radical (unpaired) electrons. The van der Waals surface area contributed by atoms with Crippen LogP contribution in [-0.2, 0) is 4.79 Å². The molecule has 5 heteroatoms. The Morgan fingerprint density at radius 1 is 1.33 bits per heavy atom. The van der Waals surface area contributed by atoms with Gasteiger partial charge in [-0.05, 0) is 34.0 Å². The van der Waals surface area contributed by atoms with E-state index >= 15 is 0 Å². The predicted molar refractivity (Wildman–Crippen MR) is 97.0 cm³/mol. The number of carbonyl (C=O) groups excluding carboxylic acids is 1. The molecule has 1 amide bonds. The number of carbonyl (C=O) groups is 1. The van der Waals surface area contributed by atoms with Crippen molar-refractivity contribution in [1.29, 1.82) is 0 Å². The van der Waals surface area contributed by atoms with E-state index in [-0.39, 0.29) is 17.9 Å². The highest BCUT2D eigenvalue weighted by Gasteiger charge is 2.31. The van der Waals surface area contributed by atoms with Crippen molar-refractivity contribution in [3.8, 4) is 5.88 Å². The van der Waals surface area contributed by atoms with Gasteiger partial charge in [0.1, 0.15) is 6.10 Å². The quantitative estimate of drug-likeness (QED) is 0.776. The molecule has 4 nitrogen and oxygen atoms in total. The van der Waals surface area contributed by atoms with Gasteiger partial charge in [-0.15, -0.1) is 0 Å². The number of amides is 1. The summed E-state index contributed by atoms with van der Waals surface area (Å²) in [6, 6.07) is 13.8. The van der Waals surface area contributed by atoms with Crippen molar-refractivity contribution in [1.82, 2.24) is 9.88 Å². The molecule has 0 N–H and O–H groups in total. The van der Waals surface area contributed by atoms with Gasteiger partial charge in [-0.3, -0.25) is 4.79 Å². The van der Waals surface area contributed by atoms with Crippen LogP contribution in [0.3, 0.4) is 0 Å². The average Bonchev–Trinajstić information content (AvgIpc) is 3.07. The smallest absolute Gasteiger partial charge is 0.230 e. The molecule has 0 aliphatic carbocycles. The molecule has 1 aliphatic rings. The standard InChI is InChI=1S/C19H21BrN2O2/c1-2-17(14-6-4-3-5-7-14)19(23)22-11-10-16(13-22)24-18-9-8-15(20)12-21-18/h3-9,12,16-17H,2,10-11,13H2,1H3. The number of rotatable bonds is 5. The molecule has 3 rings (SSSR count). The van der Waals surface area contributed by atoms with E-state index < -0.39 is 0 Å². The minimum absolute atomic E-state index is 0.0101. The molecule has 24 heavy (non-hydrogen) atoms. The van der Waals surface area contributed by atoms with Crippen LogP contribution in [0.4, 0.5) is 0 Å². The zero-order chi connectivity index (χ0) is 16.9. The van der Waals surface area contributed by atoms with Crippen LogP contribution < -0.4 is 4.74 Å². The Bertz CT molecular complexity index is 676. The van der Waals surface area contributed by atoms with E-state index in [0.717, 1.165) is 29.4 Å². The third-order valence-electron chi connectivity index (χ3n) is 4.35. The van der Waals surface area contributed by atoms with Crippen molar-refractivity contribution in [3.05, 3.63) is 58.7 Å². The Balaban J connectivity index is 1.62. The highest BCUT2D eigenvalue weighted by molar-refractivity contribution is 9.10. The highest BCUT2D eigenvalue weighted by Crippen LogP contribution is 2.25. The first-order valence-electron chi connectivity index (χ1n) is 8.29. The molecular weight excluding hydrogens is 368 g/mol. The lowest BCUT2D eigenvalue weighted by Crippen LogP contribution is -2.34. The van der Waals surface area contributed by atoms with Crippen molar-refractivity contribution in [2.24, 2.45) is 0 Å². The molecule has 1 fully saturated rings. The summed E-state index contributed by atoms with van der Waals surface area (Å²) in [7, 11) is 0. The van der Waals surface area contributed by atoms with Crippen molar-refractivity contribution in [3.63, 3.8) is 0 Å². The van der Waals surface area contributed by atoms with E-state index in [1.807, 2.05) is 47.4 Å². The van der Waals surface area contributed by atoms with E-state index in [1.54, 1.807) is 6.20 Å². The van der Waals surface area contributed by atoms with Gasteiger partial charge in [0.2, 0.25) is 11.8 Å². The van der Waals surface area contributed by atoms with Crippen LogP contribution in [0.25, 0.3) is 0 Å². The number of aromatic nitrogens is 1. The highest BCUT2D eigenvalue weighted by atomic mass is 79.9. The monoisotopic (exact) mass is 388 g/mol.